The summed E-state index contributed by atoms with van der Waals surface area (Å²) < 4.78 is 28.7. The highest BCUT2D eigenvalue weighted by molar-refractivity contribution is 7.92. The number of hydrogen-bond acceptors (Lipinski definition) is 4. The average Bonchev–Trinajstić information content (AvgIpc) is 2.89. The second kappa shape index (κ2) is 12.0. The number of nitrogens with zero attached hydrogens (tertiary/aromatic N) is 2. The summed E-state index contributed by atoms with van der Waals surface area (Å²) in [6, 6.07) is 17.3. The number of carbonyl (C=O) groups excluding carboxylic acids is 2. The maximum Gasteiger partial charge on any atom is 0.264 e. The SMILES string of the molecule is CNC(=O)C(C)N(Cc1ccc(Cl)c(Cl)c1)C(=O)CN(c1cccc(C)c1C)S(=O)(=O)c1ccccc1. The highest BCUT2D eigenvalue weighted by atomic mass is 35.5. The van der Waals surface area contributed by atoms with Gasteiger partial charge < -0.3 is 10.2 Å². The number of aryl methyl sites for hydroxylation is 1. The Hall–Kier alpha value is -3.07. The number of sulfonamides is 1. The van der Waals surface area contributed by atoms with Crippen molar-refractivity contribution in [3.05, 3.63) is 93.5 Å². The lowest BCUT2D eigenvalue weighted by molar-refractivity contribution is -0.139. The number of benzene rings is 3. The summed E-state index contributed by atoms with van der Waals surface area (Å²) in [5, 5.41) is 3.22. The zero-order valence-electron chi connectivity index (χ0n) is 21.0. The van der Waals surface area contributed by atoms with Crippen molar-refractivity contribution in [2.75, 3.05) is 17.9 Å². The lowest BCUT2D eigenvalue weighted by atomic mass is 10.1. The lowest BCUT2D eigenvalue weighted by Gasteiger charge is -2.32. The Balaban J connectivity index is 2.07. The van der Waals surface area contributed by atoms with Gasteiger partial charge in [-0.05, 0) is 67.8 Å². The van der Waals surface area contributed by atoms with E-state index >= 15 is 0 Å². The summed E-state index contributed by atoms with van der Waals surface area (Å²) in [6.45, 7) is 4.78. The molecule has 3 aromatic rings. The molecule has 0 bridgehead atoms. The molecule has 0 saturated heterocycles. The second-order valence-corrected chi connectivity index (χ2v) is 11.3. The number of amides is 2. The molecule has 1 unspecified atom stereocenters. The van der Waals surface area contributed by atoms with E-state index < -0.39 is 34.4 Å². The van der Waals surface area contributed by atoms with Gasteiger partial charge in [-0.1, -0.05) is 59.6 Å². The molecule has 37 heavy (non-hydrogen) atoms. The van der Waals surface area contributed by atoms with Crippen LogP contribution in [0, 0.1) is 13.8 Å². The van der Waals surface area contributed by atoms with Crippen LogP contribution in [-0.4, -0.2) is 44.8 Å². The predicted molar refractivity (Wildman–Crippen MR) is 147 cm³/mol. The quantitative estimate of drug-likeness (QED) is 0.399. The Morgan fingerprint density at radius 1 is 0.946 bits per heavy atom. The molecular weight excluding hydrogens is 533 g/mol. The summed E-state index contributed by atoms with van der Waals surface area (Å²) in [5.74, 6) is -0.944. The fraction of sp³-hybridized carbons (Fsp3) is 0.259. The summed E-state index contributed by atoms with van der Waals surface area (Å²) in [5.41, 5.74) is 2.64. The zero-order valence-corrected chi connectivity index (χ0v) is 23.4. The third-order valence-corrected chi connectivity index (χ3v) is 8.72. The second-order valence-electron chi connectivity index (χ2n) is 8.60. The summed E-state index contributed by atoms with van der Waals surface area (Å²) in [7, 11) is -2.64. The minimum absolute atomic E-state index is 0.0241. The molecule has 3 rings (SSSR count). The van der Waals surface area contributed by atoms with Gasteiger partial charge in [-0.25, -0.2) is 8.42 Å². The molecule has 2 amide bonds. The van der Waals surface area contributed by atoms with Crippen LogP contribution in [0.2, 0.25) is 10.0 Å². The Morgan fingerprint density at radius 3 is 2.24 bits per heavy atom. The van der Waals surface area contributed by atoms with E-state index in [9.17, 15) is 18.0 Å². The van der Waals surface area contributed by atoms with Crippen molar-refractivity contribution in [2.45, 2.75) is 38.3 Å². The molecule has 1 N–H and O–H groups in total. The lowest BCUT2D eigenvalue weighted by Crippen LogP contribution is -2.50. The monoisotopic (exact) mass is 561 g/mol. The fourth-order valence-electron chi connectivity index (χ4n) is 3.87. The van der Waals surface area contributed by atoms with E-state index in [1.165, 1.54) is 24.1 Å². The van der Waals surface area contributed by atoms with Crippen molar-refractivity contribution >= 4 is 50.7 Å². The van der Waals surface area contributed by atoms with Gasteiger partial charge in [0.1, 0.15) is 12.6 Å². The first-order chi connectivity index (χ1) is 17.5. The van der Waals surface area contributed by atoms with E-state index in [-0.39, 0.29) is 11.4 Å². The first kappa shape index (κ1) is 28.5. The van der Waals surface area contributed by atoms with E-state index in [0.29, 0.717) is 21.3 Å². The third kappa shape index (κ3) is 6.44. The van der Waals surface area contributed by atoms with Crippen LogP contribution < -0.4 is 9.62 Å². The van der Waals surface area contributed by atoms with Gasteiger partial charge in [0, 0.05) is 13.6 Å². The van der Waals surface area contributed by atoms with E-state index in [0.717, 1.165) is 15.4 Å². The fourth-order valence-corrected chi connectivity index (χ4v) is 5.68. The molecule has 0 saturated carbocycles. The van der Waals surface area contributed by atoms with Gasteiger partial charge in [-0.15, -0.1) is 0 Å². The number of likely N-dealkylation sites (N-methyl/N-ethyl adjacent to an activating group) is 1. The highest BCUT2D eigenvalue weighted by Crippen LogP contribution is 2.29. The molecule has 0 spiro atoms. The van der Waals surface area contributed by atoms with Gasteiger partial charge in [0.15, 0.2) is 0 Å². The molecule has 196 valence electrons. The van der Waals surface area contributed by atoms with Crippen molar-refractivity contribution in [3.63, 3.8) is 0 Å². The number of hydrogen-bond donors (Lipinski definition) is 1. The van der Waals surface area contributed by atoms with E-state index in [2.05, 4.69) is 5.32 Å². The Kier molecular flexibility index (Phi) is 9.23. The van der Waals surface area contributed by atoms with E-state index in [1.54, 1.807) is 55.5 Å². The van der Waals surface area contributed by atoms with Crippen molar-refractivity contribution in [1.29, 1.82) is 0 Å². The van der Waals surface area contributed by atoms with Crippen molar-refractivity contribution in [2.24, 2.45) is 0 Å². The van der Waals surface area contributed by atoms with Crippen molar-refractivity contribution in [1.82, 2.24) is 10.2 Å². The van der Waals surface area contributed by atoms with Crippen LogP contribution in [0.3, 0.4) is 0 Å². The molecule has 1 atom stereocenters. The van der Waals surface area contributed by atoms with Gasteiger partial charge in [0.05, 0.1) is 20.6 Å². The van der Waals surface area contributed by atoms with E-state index in [1.807, 2.05) is 19.9 Å². The Labute approximate surface area is 228 Å². The normalized spacial score (nSPS) is 12.1. The molecule has 0 aliphatic carbocycles. The molecule has 3 aromatic carbocycles. The maximum atomic E-state index is 13.8. The Bertz CT molecular complexity index is 1400. The number of carbonyl (C=O) groups is 2. The third-order valence-electron chi connectivity index (χ3n) is 6.21. The van der Waals surface area contributed by atoms with Crippen LogP contribution in [0.25, 0.3) is 0 Å². The maximum absolute atomic E-state index is 13.8. The zero-order chi connectivity index (χ0) is 27.3. The predicted octanol–water partition coefficient (Wildman–Crippen LogP) is 4.97. The average molecular weight is 563 g/mol. The topological polar surface area (TPSA) is 86.8 Å². The largest absolute Gasteiger partial charge is 0.357 e. The molecular formula is C27H29Cl2N3O4S. The van der Waals surface area contributed by atoms with Crippen LogP contribution in [0.1, 0.15) is 23.6 Å². The number of halogens is 2. The van der Waals surface area contributed by atoms with Crippen molar-refractivity contribution < 1.29 is 18.0 Å². The molecule has 10 heteroatoms. The van der Waals surface area contributed by atoms with Crippen molar-refractivity contribution in [3.8, 4) is 0 Å². The van der Waals surface area contributed by atoms with Gasteiger partial charge in [-0.3, -0.25) is 13.9 Å². The number of nitrogens with one attached hydrogen (secondary N) is 1. The summed E-state index contributed by atoms with van der Waals surface area (Å²) >= 11 is 12.2. The molecule has 7 nitrogen and oxygen atoms in total. The van der Waals surface area contributed by atoms with Gasteiger partial charge >= 0.3 is 0 Å². The van der Waals surface area contributed by atoms with Gasteiger partial charge in [0.2, 0.25) is 11.8 Å². The van der Waals surface area contributed by atoms with Crippen LogP contribution in [0.15, 0.2) is 71.6 Å². The summed E-state index contributed by atoms with van der Waals surface area (Å²) in [4.78, 5) is 27.7. The molecule has 0 fully saturated rings. The van der Waals surface area contributed by atoms with Gasteiger partial charge in [-0.2, -0.15) is 0 Å². The van der Waals surface area contributed by atoms with Crippen LogP contribution in [-0.2, 0) is 26.2 Å². The number of rotatable bonds is 9. The molecule has 0 heterocycles. The minimum Gasteiger partial charge on any atom is -0.357 e. The first-order valence-electron chi connectivity index (χ1n) is 11.6. The van der Waals surface area contributed by atoms with Crippen LogP contribution in [0.5, 0.6) is 0 Å². The van der Waals surface area contributed by atoms with Crippen LogP contribution >= 0.6 is 23.2 Å². The van der Waals surface area contributed by atoms with Gasteiger partial charge in [0.25, 0.3) is 10.0 Å². The number of anilines is 1. The standard InChI is InChI=1S/C27H29Cl2N3O4S/c1-18-9-8-12-25(19(18)2)32(37(35,36)22-10-6-5-7-11-22)17-26(33)31(20(3)27(34)30-4)16-21-13-14-23(28)24(29)15-21/h5-15,20H,16-17H2,1-4H3,(H,30,34). The molecule has 0 aliphatic rings. The molecule has 0 radical (unpaired) electrons. The summed E-state index contributed by atoms with van der Waals surface area (Å²) in [6.07, 6.45) is 0. The Morgan fingerprint density at radius 2 is 1.62 bits per heavy atom. The van der Waals surface area contributed by atoms with E-state index in [4.69, 9.17) is 23.2 Å². The minimum atomic E-state index is -4.11. The molecule has 0 aliphatic heterocycles. The first-order valence-corrected chi connectivity index (χ1v) is 13.8. The highest BCUT2D eigenvalue weighted by Gasteiger charge is 2.33. The smallest absolute Gasteiger partial charge is 0.264 e. The van der Waals surface area contributed by atoms with Crippen LogP contribution in [0.4, 0.5) is 5.69 Å². The molecule has 0 aromatic heterocycles.